The molecule has 0 aliphatic heterocycles. The van der Waals surface area contributed by atoms with Crippen molar-refractivity contribution < 1.29 is 15.0 Å². The molecule has 3 rings (SSSR count). The van der Waals surface area contributed by atoms with Crippen molar-refractivity contribution in [1.82, 2.24) is 9.97 Å². The summed E-state index contributed by atoms with van der Waals surface area (Å²) in [5.74, 6) is -0.350. The molecular weight excluding hydrogens is 290 g/mol. The highest BCUT2D eigenvalue weighted by atomic mass is 32.1. The van der Waals surface area contributed by atoms with Gasteiger partial charge in [0.15, 0.2) is 0 Å². The van der Waals surface area contributed by atoms with E-state index in [9.17, 15) is 15.0 Å². The van der Waals surface area contributed by atoms with Gasteiger partial charge in [0.25, 0.3) is 0 Å². The number of aromatic carboxylic acids is 1. The minimum atomic E-state index is -0.948. The number of thiophene rings is 1. The number of anilines is 1. The molecule has 0 saturated heterocycles. The zero-order valence-electron chi connectivity index (χ0n) is 11.7. The molecule has 0 radical (unpaired) electrons. The molecule has 0 amide bonds. The zero-order valence-corrected chi connectivity index (χ0v) is 12.5. The maximum Gasteiger partial charge on any atom is 0.346 e. The minimum Gasteiger partial charge on any atom is -0.477 e. The SMILES string of the molecule is Cc1c(C(=O)O)sc2ncnc(NCC3(O)CCCC3)c12. The van der Waals surface area contributed by atoms with Crippen LogP contribution in [0.4, 0.5) is 5.82 Å². The summed E-state index contributed by atoms with van der Waals surface area (Å²) in [6.07, 6.45) is 5.08. The van der Waals surface area contributed by atoms with E-state index in [2.05, 4.69) is 15.3 Å². The van der Waals surface area contributed by atoms with Crippen LogP contribution in [0.25, 0.3) is 10.2 Å². The lowest BCUT2D eigenvalue weighted by atomic mass is 10.0. The fourth-order valence-corrected chi connectivity index (χ4v) is 3.86. The molecule has 2 aromatic heterocycles. The zero-order chi connectivity index (χ0) is 15.0. The molecule has 0 unspecified atom stereocenters. The van der Waals surface area contributed by atoms with Crippen molar-refractivity contribution in [3.05, 3.63) is 16.8 Å². The molecule has 0 atom stereocenters. The van der Waals surface area contributed by atoms with Crippen LogP contribution in [0.3, 0.4) is 0 Å². The third kappa shape index (κ3) is 2.58. The Bertz CT molecular complexity index is 692. The smallest absolute Gasteiger partial charge is 0.346 e. The molecule has 21 heavy (non-hydrogen) atoms. The molecule has 1 saturated carbocycles. The first-order valence-corrected chi connectivity index (χ1v) is 7.75. The summed E-state index contributed by atoms with van der Waals surface area (Å²) < 4.78 is 0. The molecule has 1 fully saturated rings. The Labute approximate surface area is 125 Å². The second-order valence-electron chi connectivity index (χ2n) is 5.55. The standard InChI is InChI=1S/C14H17N3O3S/c1-8-9-11(15-6-14(20)4-2-3-5-14)16-7-17-12(9)21-10(8)13(18)19/h7,20H,2-6H2,1H3,(H,18,19)(H,15,16,17). The Hall–Kier alpha value is -1.73. The van der Waals surface area contributed by atoms with Crippen LogP contribution in [-0.2, 0) is 0 Å². The summed E-state index contributed by atoms with van der Waals surface area (Å²) in [5, 5.41) is 23.5. The van der Waals surface area contributed by atoms with Gasteiger partial charge >= 0.3 is 5.97 Å². The van der Waals surface area contributed by atoms with Gasteiger partial charge in [-0.1, -0.05) is 12.8 Å². The number of rotatable bonds is 4. The van der Waals surface area contributed by atoms with Gasteiger partial charge in [-0.3, -0.25) is 0 Å². The number of fused-ring (bicyclic) bond motifs is 1. The van der Waals surface area contributed by atoms with E-state index in [-0.39, 0.29) is 4.88 Å². The van der Waals surface area contributed by atoms with Crippen LogP contribution in [-0.4, -0.2) is 38.3 Å². The third-order valence-electron chi connectivity index (χ3n) is 4.04. The van der Waals surface area contributed by atoms with Crippen molar-refractivity contribution in [3.8, 4) is 0 Å². The van der Waals surface area contributed by atoms with Crippen molar-refractivity contribution in [2.45, 2.75) is 38.2 Å². The summed E-state index contributed by atoms with van der Waals surface area (Å²) in [7, 11) is 0. The van der Waals surface area contributed by atoms with Crippen molar-refractivity contribution in [3.63, 3.8) is 0 Å². The Morgan fingerprint density at radius 1 is 1.43 bits per heavy atom. The van der Waals surface area contributed by atoms with E-state index >= 15 is 0 Å². The average molecular weight is 307 g/mol. The van der Waals surface area contributed by atoms with Gasteiger partial charge in [0.1, 0.15) is 21.9 Å². The van der Waals surface area contributed by atoms with Crippen LogP contribution < -0.4 is 5.32 Å². The van der Waals surface area contributed by atoms with Crippen LogP contribution in [0.15, 0.2) is 6.33 Å². The van der Waals surface area contributed by atoms with Gasteiger partial charge in [-0.15, -0.1) is 11.3 Å². The van der Waals surface area contributed by atoms with Crippen molar-refractivity contribution >= 4 is 33.3 Å². The first-order chi connectivity index (χ1) is 10.0. The predicted molar refractivity (Wildman–Crippen MR) is 81.0 cm³/mol. The molecule has 2 heterocycles. The summed E-state index contributed by atoms with van der Waals surface area (Å²) >= 11 is 1.15. The first kappa shape index (κ1) is 14.2. The monoisotopic (exact) mass is 307 g/mol. The number of aryl methyl sites for hydroxylation is 1. The number of aromatic nitrogens is 2. The second-order valence-corrected chi connectivity index (χ2v) is 6.55. The van der Waals surface area contributed by atoms with E-state index in [1.165, 1.54) is 6.33 Å². The quantitative estimate of drug-likeness (QED) is 0.803. The van der Waals surface area contributed by atoms with Crippen LogP contribution in [0.1, 0.15) is 40.9 Å². The summed E-state index contributed by atoms with van der Waals surface area (Å²) in [5.41, 5.74) is -0.0133. The summed E-state index contributed by atoms with van der Waals surface area (Å²) in [6, 6.07) is 0. The van der Waals surface area contributed by atoms with Crippen molar-refractivity contribution in [2.75, 3.05) is 11.9 Å². The number of nitrogens with one attached hydrogen (secondary N) is 1. The molecule has 1 aliphatic rings. The van der Waals surface area contributed by atoms with Crippen LogP contribution in [0.5, 0.6) is 0 Å². The Balaban J connectivity index is 1.93. The Morgan fingerprint density at radius 2 is 2.14 bits per heavy atom. The largest absolute Gasteiger partial charge is 0.477 e. The van der Waals surface area contributed by atoms with E-state index in [1.807, 2.05) is 0 Å². The summed E-state index contributed by atoms with van der Waals surface area (Å²) in [4.78, 5) is 20.5. The maximum atomic E-state index is 11.2. The van der Waals surface area contributed by atoms with Gasteiger partial charge in [0.05, 0.1) is 11.0 Å². The molecule has 0 bridgehead atoms. The Kier molecular flexibility index (Phi) is 3.54. The molecule has 2 aromatic rings. The Morgan fingerprint density at radius 3 is 2.81 bits per heavy atom. The van der Waals surface area contributed by atoms with E-state index in [0.717, 1.165) is 42.4 Å². The minimum absolute atomic E-state index is 0.285. The van der Waals surface area contributed by atoms with Gasteiger partial charge in [0, 0.05) is 6.54 Å². The highest BCUT2D eigenvalue weighted by Gasteiger charge is 2.31. The van der Waals surface area contributed by atoms with Crippen molar-refractivity contribution in [1.29, 1.82) is 0 Å². The number of aliphatic hydroxyl groups is 1. The van der Waals surface area contributed by atoms with E-state index in [1.54, 1.807) is 6.92 Å². The first-order valence-electron chi connectivity index (χ1n) is 6.94. The predicted octanol–water partition coefficient (Wildman–Crippen LogP) is 2.41. The molecular formula is C14H17N3O3S. The van der Waals surface area contributed by atoms with Gasteiger partial charge in [0.2, 0.25) is 0 Å². The lowest BCUT2D eigenvalue weighted by Crippen LogP contribution is -2.33. The maximum absolute atomic E-state index is 11.2. The fourth-order valence-electron chi connectivity index (χ4n) is 2.87. The molecule has 0 spiro atoms. The van der Waals surface area contributed by atoms with Crippen molar-refractivity contribution in [2.24, 2.45) is 0 Å². The van der Waals surface area contributed by atoms with Crippen LogP contribution in [0.2, 0.25) is 0 Å². The molecule has 112 valence electrons. The fraction of sp³-hybridized carbons (Fsp3) is 0.500. The van der Waals surface area contributed by atoms with E-state index in [4.69, 9.17) is 0 Å². The van der Waals surface area contributed by atoms with Crippen LogP contribution >= 0.6 is 11.3 Å². The topological polar surface area (TPSA) is 95.3 Å². The second kappa shape index (κ2) is 5.23. The number of hydrogen-bond acceptors (Lipinski definition) is 6. The van der Waals surface area contributed by atoms with E-state index in [0.29, 0.717) is 22.8 Å². The molecule has 7 heteroatoms. The summed E-state index contributed by atoms with van der Waals surface area (Å²) in [6.45, 7) is 2.19. The van der Waals surface area contributed by atoms with E-state index < -0.39 is 11.6 Å². The van der Waals surface area contributed by atoms with Gasteiger partial charge in [-0.25, -0.2) is 14.8 Å². The van der Waals surface area contributed by atoms with Crippen LogP contribution in [0, 0.1) is 6.92 Å². The van der Waals surface area contributed by atoms with Gasteiger partial charge in [-0.05, 0) is 25.3 Å². The number of carboxylic acid groups (broad SMARTS) is 1. The highest BCUT2D eigenvalue weighted by Crippen LogP contribution is 2.34. The number of nitrogens with zero attached hydrogens (tertiary/aromatic N) is 2. The molecule has 1 aliphatic carbocycles. The molecule has 3 N–H and O–H groups in total. The van der Waals surface area contributed by atoms with Gasteiger partial charge < -0.3 is 15.5 Å². The lowest BCUT2D eigenvalue weighted by molar-refractivity contribution is 0.0613. The third-order valence-corrected chi connectivity index (χ3v) is 5.23. The highest BCUT2D eigenvalue weighted by molar-refractivity contribution is 7.20. The number of hydrogen-bond donors (Lipinski definition) is 3. The molecule has 0 aromatic carbocycles. The lowest BCUT2D eigenvalue weighted by Gasteiger charge is -2.22. The number of carbonyl (C=O) groups is 1. The normalized spacial score (nSPS) is 17.2. The number of carboxylic acids is 1. The van der Waals surface area contributed by atoms with Gasteiger partial charge in [-0.2, -0.15) is 0 Å². The molecule has 6 nitrogen and oxygen atoms in total. The average Bonchev–Trinajstić information content (AvgIpc) is 3.02.